The van der Waals surface area contributed by atoms with E-state index in [0.717, 1.165) is 36.1 Å². The third kappa shape index (κ3) is 2.85. The Balaban J connectivity index is 2.57. The molecule has 4 heteroatoms. The molecule has 1 aliphatic carbocycles. The van der Waals surface area contributed by atoms with Crippen molar-refractivity contribution in [3.05, 3.63) is 23.3 Å². The zero-order chi connectivity index (χ0) is 15.5. The first-order chi connectivity index (χ1) is 10.0. The molecule has 0 amide bonds. The highest BCUT2D eigenvalue weighted by Crippen LogP contribution is 2.45. The summed E-state index contributed by atoms with van der Waals surface area (Å²) < 4.78 is 11.1. The molecule has 0 radical (unpaired) electrons. The van der Waals surface area contributed by atoms with E-state index < -0.39 is 11.4 Å². The lowest BCUT2D eigenvalue weighted by atomic mass is 9.69. The maximum absolute atomic E-state index is 12.0. The molecule has 0 unspecified atom stereocenters. The topological polar surface area (TPSA) is 55.8 Å². The summed E-state index contributed by atoms with van der Waals surface area (Å²) in [7, 11) is 1.59. The Morgan fingerprint density at radius 2 is 1.90 bits per heavy atom. The van der Waals surface area contributed by atoms with Gasteiger partial charge in [-0.25, -0.2) is 0 Å². The van der Waals surface area contributed by atoms with Crippen molar-refractivity contribution in [2.75, 3.05) is 13.7 Å². The Bertz CT molecular complexity index is 516. The Morgan fingerprint density at radius 3 is 2.43 bits per heavy atom. The van der Waals surface area contributed by atoms with Gasteiger partial charge in [-0.1, -0.05) is 19.3 Å². The number of carbonyl (C=O) groups is 1. The molecule has 1 N–H and O–H groups in total. The summed E-state index contributed by atoms with van der Waals surface area (Å²) in [6.07, 6.45) is 4.29. The van der Waals surface area contributed by atoms with E-state index in [1.54, 1.807) is 7.11 Å². The standard InChI is InChI=1S/C17H24O4/c1-4-21-14-11-13(15(20-3)10-12(14)2)17(16(18)19)8-6-5-7-9-17/h10-11H,4-9H2,1-3H3,(H,18,19). The van der Waals surface area contributed by atoms with Crippen molar-refractivity contribution in [2.45, 2.75) is 51.4 Å². The maximum atomic E-state index is 12.0. The minimum Gasteiger partial charge on any atom is -0.496 e. The van der Waals surface area contributed by atoms with Gasteiger partial charge >= 0.3 is 5.97 Å². The number of aliphatic carboxylic acids is 1. The SMILES string of the molecule is CCOc1cc(C2(C(=O)O)CCCCC2)c(OC)cc1C. The zero-order valence-electron chi connectivity index (χ0n) is 13.1. The van der Waals surface area contributed by atoms with Crippen LogP contribution in [0.2, 0.25) is 0 Å². The number of methoxy groups -OCH3 is 1. The normalized spacial score (nSPS) is 17.3. The molecule has 0 aromatic heterocycles. The number of benzene rings is 1. The van der Waals surface area contributed by atoms with Crippen molar-refractivity contribution in [1.29, 1.82) is 0 Å². The quantitative estimate of drug-likeness (QED) is 0.899. The van der Waals surface area contributed by atoms with Crippen molar-refractivity contribution in [1.82, 2.24) is 0 Å². The largest absolute Gasteiger partial charge is 0.496 e. The fourth-order valence-corrected chi connectivity index (χ4v) is 3.27. The molecule has 1 fully saturated rings. The van der Waals surface area contributed by atoms with E-state index in [2.05, 4.69) is 0 Å². The van der Waals surface area contributed by atoms with E-state index in [9.17, 15) is 9.90 Å². The van der Waals surface area contributed by atoms with Gasteiger partial charge in [-0.2, -0.15) is 0 Å². The lowest BCUT2D eigenvalue weighted by Gasteiger charge is -2.35. The predicted octanol–water partition coefficient (Wildman–Crippen LogP) is 3.69. The second-order valence-electron chi connectivity index (χ2n) is 5.70. The van der Waals surface area contributed by atoms with Crippen LogP contribution in [0.1, 0.15) is 50.2 Å². The number of hydrogen-bond acceptors (Lipinski definition) is 3. The van der Waals surface area contributed by atoms with Crippen molar-refractivity contribution in [2.24, 2.45) is 0 Å². The zero-order valence-corrected chi connectivity index (χ0v) is 13.1. The second kappa shape index (κ2) is 6.37. The molecule has 0 aliphatic heterocycles. The second-order valence-corrected chi connectivity index (χ2v) is 5.70. The summed E-state index contributed by atoms with van der Waals surface area (Å²) in [5.74, 6) is 0.645. The molecule has 0 heterocycles. The average molecular weight is 292 g/mol. The Morgan fingerprint density at radius 1 is 1.24 bits per heavy atom. The van der Waals surface area contributed by atoms with Crippen molar-refractivity contribution >= 4 is 5.97 Å². The molecule has 1 saturated carbocycles. The van der Waals surface area contributed by atoms with Crippen LogP contribution >= 0.6 is 0 Å². The van der Waals surface area contributed by atoms with Crippen molar-refractivity contribution < 1.29 is 19.4 Å². The van der Waals surface area contributed by atoms with E-state index in [4.69, 9.17) is 9.47 Å². The summed E-state index contributed by atoms with van der Waals surface area (Å²) in [5, 5.41) is 9.86. The highest BCUT2D eigenvalue weighted by Gasteiger charge is 2.43. The number of carboxylic acids is 1. The van der Waals surface area contributed by atoms with Gasteiger partial charge in [0.15, 0.2) is 0 Å². The molecule has 0 spiro atoms. The van der Waals surface area contributed by atoms with Gasteiger partial charge in [-0.3, -0.25) is 4.79 Å². The fraction of sp³-hybridized carbons (Fsp3) is 0.588. The highest BCUT2D eigenvalue weighted by molar-refractivity contribution is 5.83. The highest BCUT2D eigenvalue weighted by atomic mass is 16.5. The molecule has 0 bridgehead atoms. The minimum atomic E-state index is -0.844. The van der Waals surface area contributed by atoms with Gasteiger partial charge in [0.1, 0.15) is 11.5 Å². The van der Waals surface area contributed by atoms with E-state index in [0.29, 0.717) is 25.2 Å². The lowest BCUT2D eigenvalue weighted by Crippen LogP contribution is -2.38. The van der Waals surface area contributed by atoms with Gasteiger partial charge in [0.25, 0.3) is 0 Å². The summed E-state index contributed by atoms with van der Waals surface area (Å²) in [6.45, 7) is 4.44. The van der Waals surface area contributed by atoms with E-state index >= 15 is 0 Å². The van der Waals surface area contributed by atoms with Gasteiger partial charge in [0.05, 0.1) is 19.1 Å². The molecule has 0 atom stereocenters. The molecule has 21 heavy (non-hydrogen) atoms. The molecule has 4 nitrogen and oxygen atoms in total. The molecule has 1 aliphatic rings. The first kappa shape index (κ1) is 15.7. The van der Waals surface area contributed by atoms with Gasteiger partial charge in [-0.05, 0) is 44.4 Å². The van der Waals surface area contributed by atoms with Crippen LogP contribution in [0.3, 0.4) is 0 Å². The summed E-state index contributed by atoms with van der Waals surface area (Å²) in [4.78, 5) is 12.0. The first-order valence-electron chi connectivity index (χ1n) is 7.60. The molecule has 0 saturated heterocycles. The molecule has 1 aromatic rings. The molecular weight excluding hydrogens is 268 g/mol. The monoisotopic (exact) mass is 292 g/mol. The third-order valence-electron chi connectivity index (χ3n) is 4.43. The third-order valence-corrected chi connectivity index (χ3v) is 4.43. The molecular formula is C17H24O4. The molecule has 1 aromatic carbocycles. The summed E-state index contributed by atoms with van der Waals surface area (Å²) in [6, 6.07) is 3.76. The van der Waals surface area contributed by atoms with Crippen LogP contribution < -0.4 is 9.47 Å². The Kier molecular flexibility index (Phi) is 4.76. The summed E-state index contributed by atoms with van der Waals surface area (Å²) in [5.41, 5.74) is 0.878. The van der Waals surface area contributed by atoms with Crippen molar-refractivity contribution in [3.8, 4) is 11.5 Å². The van der Waals surface area contributed by atoms with E-state index in [1.807, 2.05) is 26.0 Å². The van der Waals surface area contributed by atoms with Crippen LogP contribution in [0.4, 0.5) is 0 Å². The van der Waals surface area contributed by atoms with Gasteiger partial charge in [0, 0.05) is 5.56 Å². The van der Waals surface area contributed by atoms with Crippen LogP contribution in [0.5, 0.6) is 11.5 Å². The average Bonchev–Trinajstić information content (AvgIpc) is 2.49. The maximum Gasteiger partial charge on any atom is 0.314 e. The molecule has 2 rings (SSSR count). The lowest BCUT2D eigenvalue weighted by molar-refractivity contribution is -0.145. The fourth-order valence-electron chi connectivity index (χ4n) is 3.27. The minimum absolute atomic E-state index is 0.562. The van der Waals surface area contributed by atoms with Crippen molar-refractivity contribution in [3.63, 3.8) is 0 Å². The number of carboxylic acid groups (broad SMARTS) is 1. The Hall–Kier alpha value is -1.71. The Labute approximate surface area is 126 Å². The van der Waals surface area contributed by atoms with Crippen LogP contribution in [0.25, 0.3) is 0 Å². The number of rotatable bonds is 5. The van der Waals surface area contributed by atoms with E-state index in [-0.39, 0.29) is 0 Å². The van der Waals surface area contributed by atoms with Crippen LogP contribution in [-0.4, -0.2) is 24.8 Å². The summed E-state index contributed by atoms with van der Waals surface area (Å²) >= 11 is 0. The van der Waals surface area contributed by atoms with Crippen LogP contribution in [0.15, 0.2) is 12.1 Å². The smallest absolute Gasteiger partial charge is 0.314 e. The first-order valence-corrected chi connectivity index (χ1v) is 7.60. The number of hydrogen-bond donors (Lipinski definition) is 1. The van der Waals surface area contributed by atoms with Gasteiger partial charge < -0.3 is 14.6 Å². The van der Waals surface area contributed by atoms with Gasteiger partial charge in [0.2, 0.25) is 0 Å². The number of ether oxygens (including phenoxy) is 2. The predicted molar refractivity (Wildman–Crippen MR) is 81.3 cm³/mol. The van der Waals surface area contributed by atoms with Crippen LogP contribution in [0, 0.1) is 6.92 Å². The van der Waals surface area contributed by atoms with Crippen LogP contribution in [-0.2, 0) is 10.2 Å². The van der Waals surface area contributed by atoms with E-state index in [1.165, 1.54) is 0 Å². The van der Waals surface area contributed by atoms with Gasteiger partial charge in [-0.15, -0.1) is 0 Å². The number of aryl methyl sites for hydroxylation is 1. The molecule has 116 valence electrons.